The van der Waals surface area contributed by atoms with Gasteiger partial charge >= 0.3 is 5.97 Å². The first-order chi connectivity index (χ1) is 17.3. The van der Waals surface area contributed by atoms with Crippen LogP contribution in [0.1, 0.15) is 62.4 Å². The highest BCUT2D eigenvalue weighted by molar-refractivity contribution is 6.99. The van der Waals surface area contributed by atoms with Gasteiger partial charge in [0.25, 0.3) is 8.32 Å². The highest BCUT2D eigenvalue weighted by atomic mass is 28.4. The predicted octanol–water partition coefficient (Wildman–Crippen LogP) is 5.45. The summed E-state index contributed by atoms with van der Waals surface area (Å²) in [6.45, 7) is 7.83. The van der Waals surface area contributed by atoms with Gasteiger partial charge < -0.3 is 14.5 Å². The van der Waals surface area contributed by atoms with Gasteiger partial charge in [0.1, 0.15) is 0 Å². The fourth-order valence-electron chi connectivity index (χ4n) is 5.46. The molecule has 0 aromatic heterocycles. The Morgan fingerprint density at radius 1 is 0.833 bits per heavy atom. The third-order valence-corrected chi connectivity index (χ3v) is 12.5. The lowest BCUT2D eigenvalue weighted by molar-refractivity contribution is 0.0600. The summed E-state index contributed by atoms with van der Waals surface area (Å²) < 4.78 is 12.1. The Balaban J connectivity index is 1.43. The monoisotopic (exact) mass is 501 g/mol. The van der Waals surface area contributed by atoms with Crippen LogP contribution in [0.4, 0.5) is 0 Å². The second kappa shape index (κ2) is 11.5. The Labute approximate surface area is 217 Å². The third kappa shape index (κ3) is 5.80. The van der Waals surface area contributed by atoms with Crippen molar-refractivity contribution >= 4 is 24.7 Å². The molecule has 0 saturated heterocycles. The van der Waals surface area contributed by atoms with Crippen molar-refractivity contribution in [1.82, 2.24) is 5.32 Å². The second-order valence-electron chi connectivity index (χ2n) is 10.8. The molecule has 1 saturated carbocycles. The molecule has 36 heavy (non-hydrogen) atoms. The van der Waals surface area contributed by atoms with Gasteiger partial charge in [-0.3, -0.25) is 0 Å². The number of benzene rings is 3. The molecule has 0 unspecified atom stereocenters. The van der Waals surface area contributed by atoms with Crippen LogP contribution in [-0.2, 0) is 15.7 Å². The molecule has 190 valence electrons. The number of carbonyl (C=O) groups excluding carboxylic acids is 1. The van der Waals surface area contributed by atoms with E-state index in [1.807, 2.05) is 24.3 Å². The van der Waals surface area contributed by atoms with Crippen LogP contribution in [0, 0.1) is 0 Å². The number of esters is 1. The van der Waals surface area contributed by atoms with Crippen molar-refractivity contribution in [1.29, 1.82) is 0 Å². The highest BCUT2D eigenvalue weighted by Gasteiger charge is 2.51. The average molecular weight is 502 g/mol. The number of rotatable bonds is 8. The number of ether oxygens (including phenoxy) is 1. The molecule has 1 aliphatic carbocycles. The van der Waals surface area contributed by atoms with Crippen molar-refractivity contribution in [3.8, 4) is 0 Å². The lowest BCUT2D eigenvalue weighted by atomic mass is 9.93. The lowest BCUT2D eigenvalue weighted by Crippen LogP contribution is -2.68. The van der Waals surface area contributed by atoms with Crippen LogP contribution in [0.2, 0.25) is 5.04 Å². The Morgan fingerprint density at radius 3 is 1.83 bits per heavy atom. The SMILES string of the molecule is COC(=O)c1ccc(CNC2CCC(O[Si](c3ccccc3)(c3ccccc3)C(C)(C)C)CC2)cc1. The van der Waals surface area contributed by atoms with Crippen LogP contribution in [0.15, 0.2) is 84.9 Å². The minimum Gasteiger partial charge on any atom is -0.465 e. The molecule has 0 atom stereocenters. The van der Waals surface area contributed by atoms with Gasteiger partial charge in [-0.25, -0.2) is 4.79 Å². The summed E-state index contributed by atoms with van der Waals surface area (Å²) in [5, 5.41) is 6.41. The van der Waals surface area contributed by atoms with Gasteiger partial charge in [0, 0.05) is 18.7 Å². The standard InChI is InChI=1S/C31H39NO3Si/c1-31(2,3)36(28-11-7-5-8-12-28,29-13-9-6-10-14-29)35-27-21-19-26(20-22-27)32-23-24-15-17-25(18-16-24)30(33)34-4/h5-18,26-27,32H,19-23H2,1-4H3. The molecular weight excluding hydrogens is 462 g/mol. The maximum absolute atomic E-state index is 11.7. The first kappa shape index (κ1) is 26.3. The maximum atomic E-state index is 11.7. The van der Waals surface area contributed by atoms with Crippen molar-refractivity contribution in [3.63, 3.8) is 0 Å². The zero-order valence-corrected chi connectivity index (χ0v) is 23.0. The molecule has 1 N–H and O–H groups in total. The van der Waals surface area contributed by atoms with E-state index in [0.29, 0.717) is 11.6 Å². The molecule has 0 radical (unpaired) electrons. The maximum Gasteiger partial charge on any atom is 0.337 e. The summed E-state index contributed by atoms with van der Waals surface area (Å²) in [5.41, 5.74) is 1.76. The van der Waals surface area contributed by atoms with Gasteiger partial charge in [-0.1, -0.05) is 93.6 Å². The summed E-state index contributed by atoms with van der Waals surface area (Å²) in [6, 6.07) is 30.0. The van der Waals surface area contributed by atoms with Crippen LogP contribution in [-0.4, -0.2) is 33.5 Å². The summed E-state index contributed by atoms with van der Waals surface area (Å²) in [6.07, 6.45) is 4.58. The van der Waals surface area contributed by atoms with Gasteiger partial charge in [0.2, 0.25) is 0 Å². The average Bonchev–Trinajstić information content (AvgIpc) is 2.91. The molecule has 1 aliphatic rings. The van der Waals surface area contributed by atoms with Gasteiger partial charge in [0.15, 0.2) is 0 Å². The number of hydrogen-bond acceptors (Lipinski definition) is 4. The minimum atomic E-state index is -2.51. The molecule has 4 rings (SSSR count). The van der Waals surface area contributed by atoms with Crippen LogP contribution < -0.4 is 15.7 Å². The number of hydrogen-bond donors (Lipinski definition) is 1. The van der Waals surface area contributed by atoms with Crippen LogP contribution in [0.3, 0.4) is 0 Å². The first-order valence-corrected chi connectivity index (χ1v) is 14.9. The lowest BCUT2D eigenvalue weighted by Gasteiger charge is -2.46. The molecule has 0 bridgehead atoms. The Bertz CT molecular complexity index is 1060. The van der Waals surface area contributed by atoms with E-state index in [1.54, 1.807) is 0 Å². The molecule has 5 heteroatoms. The van der Waals surface area contributed by atoms with Crippen molar-refractivity contribution in [2.75, 3.05) is 7.11 Å². The topological polar surface area (TPSA) is 47.6 Å². The van der Waals surface area contributed by atoms with E-state index in [1.165, 1.54) is 23.0 Å². The summed E-state index contributed by atoms with van der Waals surface area (Å²) in [7, 11) is -1.10. The van der Waals surface area contributed by atoms with Crippen LogP contribution in [0.5, 0.6) is 0 Å². The van der Waals surface area contributed by atoms with Crippen LogP contribution in [0.25, 0.3) is 0 Å². The summed E-state index contributed by atoms with van der Waals surface area (Å²) in [4.78, 5) is 11.7. The van der Waals surface area contributed by atoms with Crippen molar-refractivity contribution in [2.45, 2.75) is 70.2 Å². The molecule has 4 nitrogen and oxygen atoms in total. The first-order valence-electron chi connectivity index (χ1n) is 13.0. The molecule has 0 spiro atoms. The fourth-order valence-corrected chi connectivity index (χ4v) is 10.2. The quantitative estimate of drug-likeness (QED) is 0.329. The van der Waals surface area contributed by atoms with E-state index < -0.39 is 8.32 Å². The van der Waals surface area contributed by atoms with E-state index in [9.17, 15) is 4.79 Å². The van der Waals surface area contributed by atoms with Crippen molar-refractivity contribution < 1.29 is 14.0 Å². The predicted molar refractivity (Wildman–Crippen MR) is 149 cm³/mol. The van der Waals surface area contributed by atoms with Crippen molar-refractivity contribution in [2.24, 2.45) is 0 Å². The Hall–Kier alpha value is -2.73. The molecular formula is C31H39NO3Si. The van der Waals surface area contributed by atoms with Crippen molar-refractivity contribution in [3.05, 3.63) is 96.1 Å². The zero-order chi connectivity index (χ0) is 25.6. The number of methoxy groups -OCH3 is 1. The third-order valence-electron chi connectivity index (χ3n) is 7.40. The normalized spacial score (nSPS) is 18.6. The molecule has 1 fully saturated rings. The Morgan fingerprint density at radius 2 is 1.36 bits per heavy atom. The fraction of sp³-hybridized carbons (Fsp3) is 0.387. The largest absolute Gasteiger partial charge is 0.465 e. The number of carbonyl (C=O) groups is 1. The Kier molecular flexibility index (Phi) is 8.45. The summed E-state index contributed by atoms with van der Waals surface area (Å²) in [5.74, 6) is -0.297. The van der Waals surface area contributed by atoms with Gasteiger partial charge in [-0.05, 0) is 58.8 Å². The molecule has 0 aliphatic heterocycles. The van der Waals surface area contributed by atoms with E-state index in [4.69, 9.17) is 9.16 Å². The smallest absolute Gasteiger partial charge is 0.337 e. The summed E-state index contributed by atoms with van der Waals surface area (Å²) >= 11 is 0. The van der Waals surface area contributed by atoms with Gasteiger partial charge in [-0.2, -0.15) is 0 Å². The van der Waals surface area contributed by atoms with E-state index >= 15 is 0 Å². The number of nitrogens with one attached hydrogen (secondary N) is 1. The van der Waals surface area contributed by atoms with E-state index in [-0.39, 0.29) is 17.1 Å². The molecule has 3 aromatic carbocycles. The molecule has 0 heterocycles. The highest BCUT2D eigenvalue weighted by Crippen LogP contribution is 2.39. The van der Waals surface area contributed by atoms with E-state index in [0.717, 1.165) is 32.2 Å². The molecule has 3 aromatic rings. The van der Waals surface area contributed by atoms with E-state index in [2.05, 4.69) is 86.8 Å². The van der Waals surface area contributed by atoms with Crippen LogP contribution >= 0.6 is 0 Å². The zero-order valence-electron chi connectivity index (χ0n) is 22.0. The second-order valence-corrected chi connectivity index (χ2v) is 15.1. The minimum absolute atomic E-state index is 0.00116. The van der Waals surface area contributed by atoms with Gasteiger partial charge in [-0.15, -0.1) is 0 Å². The molecule has 0 amide bonds. The van der Waals surface area contributed by atoms with Gasteiger partial charge in [0.05, 0.1) is 12.7 Å².